The summed E-state index contributed by atoms with van der Waals surface area (Å²) in [5, 5.41) is 3.52. The lowest BCUT2D eigenvalue weighted by Crippen LogP contribution is -2.30. The number of carbonyl (C=O) groups is 2. The first-order valence-electron chi connectivity index (χ1n) is 9.75. The van der Waals surface area contributed by atoms with Crippen molar-refractivity contribution in [1.82, 2.24) is 9.88 Å². The molecule has 0 saturated carbocycles. The van der Waals surface area contributed by atoms with Gasteiger partial charge in [0.1, 0.15) is 0 Å². The first-order valence-corrected chi connectivity index (χ1v) is 10.6. The highest BCUT2D eigenvalue weighted by Crippen LogP contribution is 2.31. The van der Waals surface area contributed by atoms with Crippen LogP contribution in [-0.2, 0) is 0 Å². The van der Waals surface area contributed by atoms with Gasteiger partial charge in [0.2, 0.25) is 0 Å². The quantitative estimate of drug-likeness (QED) is 0.461. The predicted molar refractivity (Wildman–Crippen MR) is 119 cm³/mol. The second-order valence-electron chi connectivity index (χ2n) is 6.66. The second kappa shape index (κ2) is 8.51. The van der Waals surface area contributed by atoms with Crippen LogP contribution in [0.15, 0.2) is 65.1 Å². The number of para-hydroxylation sites is 1. The molecule has 0 unspecified atom stereocenters. The SMILES string of the molecule is CCN(CC)C(=O)c1cccc(NC(=O)c2ccc(-c3nc4ccccc4s3)o2)c1. The average molecular weight is 420 g/mol. The van der Waals surface area contributed by atoms with Crippen LogP contribution in [0.3, 0.4) is 0 Å². The van der Waals surface area contributed by atoms with E-state index in [0.717, 1.165) is 15.2 Å². The van der Waals surface area contributed by atoms with Gasteiger partial charge in [-0.1, -0.05) is 18.2 Å². The maximum Gasteiger partial charge on any atom is 0.291 e. The molecule has 1 N–H and O–H groups in total. The number of nitrogens with zero attached hydrogens (tertiary/aromatic N) is 2. The van der Waals surface area contributed by atoms with Crippen LogP contribution < -0.4 is 5.32 Å². The summed E-state index contributed by atoms with van der Waals surface area (Å²) >= 11 is 1.51. The highest BCUT2D eigenvalue weighted by molar-refractivity contribution is 7.21. The first kappa shape index (κ1) is 19.8. The molecule has 4 rings (SSSR count). The summed E-state index contributed by atoms with van der Waals surface area (Å²) in [6.45, 7) is 5.14. The summed E-state index contributed by atoms with van der Waals surface area (Å²) < 4.78 is 6.80. The molecule has 2 amide bonds. The van der Waals surface area contributed by atoms with Crippen molar-refractivity contribution in [3.05, 3.63) is 72.0 Å². The average Bonchev–Trinajstić information content (AvgIpc) is 3.42. The highest BCUT2D eigenvalue weighted by atomic mass is 32.1. The Labute approximate surface area is 178 Å². The Balaban J connectivity index is 1.51. The first-order chi connectivity index (χ1) is 14.6. The Morgan fingerprint density at radius 1 is 1.03 bits per heavy atom. The number of rotatable bonds is 6. The number of hydrogen-bond donors (Lipinski definition) is 1. The number of nitrogens with one attached hydrogen (secondary N) is 1. The highest BCUT2D eigenvalue weighted by Gasteiger charge is 2.17. The molecule has 0 aliphatic carbocycles. The number of thiazole rings is 1. The third-order valence-corrected chi connectivity index (χ3v) is 5.80. The van der Waals surface area contributed by atoms with Gasteiger partial charge in [0.05, 0.1) is 10.2 Å². The molecule has 0 atom stereocenters. The van der Waals surface area contributed by atoms with E-state index >= 15 is 0 Å². The summed E-state index contributed by atoms with van der Waals surface area (Å²) in [4.78, 5) is 31.5. The second-order valence-corrected chi connectivity index (χ2v) is 7.69. The number of anilines is 1. The van der Waals surface area contributed by atoms with Crippen LogP contribution in [0.4, 0.5) is 5.69 Å². The standard InChI is InChI=1S/C23H21N3O3S/c1-3-26(4-2)23(28)15-8-7-9-16(14-15)24-21(27)18-12-13-19(29-18)22-25-17-10-5-6-11-20(17)30-22/h5-14H,3-4H2,1-2H3,(H,24,27). The van der Waals surface area contributed by atoms with E-state index in [2.05, 4.69) is 10.3 Å². The molecule has 2 heterocycles. The van der Waals surface area contributed by atoms with Crippen molar-refractivity contribution in [3.8, 4) is 10.8 Å². The minimum absolute atomic E-state index is 0.0628. The summed E-state index contributed by atoms with van der Waals surface area (Å²) in [6, 6.07) is 18.1. The zero-order chi connectivity index (χ0) is 21.1. The van der Waals surface area contributed by atoms with E-state index in [9.17, 15) is 9.59 Å². The number of furan rings is 1. The maximum absolute atomic E-state index is 12.6. The molecule has 2 aromatic heterocycles. The van der Waals surface area contributed by atoms with Gasteiger partial charge >= 0.3 is 0 Å². The van der Waals surface area contributed by atoms with E-state index in [1.54, 1.807) is 41.3 Å². The lowest BCUT2D eigenvalue weighted by Gasteiger charge is -2.18. The van der Waals surface area contributed by atoms with Crippen LogP contribution in [-0.4, -0.2) is 34.8 Å². The largest absolute Gasteiger partial charge is 0.448 e. The Morgan fingerprint density at radius 2 is 1.83 bits per heavy atom. The van der Waals surface area contributed by atoms with E-state index < -0.39 is 0 Å². The monoisotopic (exact) mass is 419 g/mol. The zero-order valence-corrected chi connectivity index (χ0v) is 17.5. The van der Waals surface area contributed by atoms with Crippen molar-refractivity contribution in [3.63, 3.8) is 0 Å². The van der Waals surface area contributed by atoms with Gasteiger partial charge in [-0.3, -0.25) is 9.59 Å². The van der Waals surface area contributed by atoms with Gasteiger partial charge in [0.15, 0.2) is 16.5 Å². The molecular formula is C23H21N3O3S. The number of carbonyl (C=O) groups excluding carboxylic acids is 2. The van der Waals surface area contributed by atoms with E-state index in [1.807, 2.05) is 38.1 Å². The third kappa shape index (κ3) is 3.97. The van der Waals surface area contributed by atoms with E-state index in [1.165, 1.54) is 11.3 Å². The molecule has 0 aliphatic heterocycles. The van der Waals surface area contributed by atoms with Crippen LogP contribution >= 0.6 is 11.3 Å². The fraction of sp³-hybridized carbons (Fsp3) is 0.174. The lowest BCUT2D eigenvalue weighted by molar-refractivity contribution is 0.0772. The smallest absolute Gasteiger partial charge is 0.291 e. The Hall–Kier alpha value is -3.45. The maximum atomic E-state index is 12.6. The minimum atomic E-state index is -0.380. The fourth-order valence-electron chi connectivity index (χ4n) is 3.17. The van der Waals surface area contributed by atoms with E-state index in [4.69, 9.17) is 4.42 Å². The zero-order valence-electron chi connectivity index (χ0n) is 16.7. The van der Waals surface area contributed by atoms with Gasteiger partial charge in [-0.25, -0.2) is 4.98 Å². The van der Waals surface area contributed by atoms with Crippen LogP contribution in [0.1, 0.15) is 34.8 Å². The summed E-state index contributed by atoms with van der Waals surface area (Å²) in [5.74, 6) is 0.290. The van der Waals surface area contributed by atoms with Crippen LogP contribution in [0.5, 0.6) is 0 Å². The Kier molecular flexibility index (Phi) is 5.63. The topological polar surface area (TPSA) is 75.4 Å². The molecule has 6 nitrogen and oxygen atoms in total. The van der Waals surface area contributed by atoms with E-state index in [0.29, 0.717) is 30.1 Å². The molecule has 0 saturated heterocycles. The van der Waals surface area contributed by atoms with Crippen LogP contribution in [0.2, 0.25) is 0 Å². The van der Waals surface area contributed by atoms with Crippen molar-refractivity contribution >= 4 is 39.1 Å². The van der Waals surface area contributed by atoms with Gasteiger partial charge in [0.25, 0.3) is 11.8 Å². The molecule has 0 fully saturated rings. The van der Waals surface area contributed by atoms with Gasteiger partial charge in [-0.15, -0.1) is 11.3 Å². The molecule has 2 aromatic carbocycles. The van der Waals surface area contributed by atoms with Crippen molar-refractivity contribution in [2.75, 3.05) is 18.4 Å². The van der Waals surface area contributed by atoms with Crippen molar-refractivity contribution in [1.29, 1.82) is 0 Å². The normalized spacial score (nSPS) is 10.9. The lowest BCUT2D eigenvalue weighted by atomic mass is 10.1. The van der Waals surface area contributed by atoms with Crippen molar-refractivity contribution in [2.24, 2.45) is 0 Å². The van der Waals surface area contributed by atoms with Gasteiger partial charge < -0.3 is 14.6 Å². The third-order valence-electron chi connectivity index (χ3n) is 4.75. The molecule has 0 aliphatic rings. The number of amides is 2. The number of hydrogen-bond acceptors (Lipinski definition) is 5. The molecule has 30 heavy (non-hydrogen) atoms. The van der Waals surface area contributed by atoms with Crippen LogP contribution in [0, 0.1) is 0 Å². The predicted octanol–water partition coefficient (Wildman–Crippen LogP) is 5.29. The van der Waals surface area contributed by atoms with Crippen molar-refractivity contribution in [2.45, 2.75) is 13.8 Å². The number of aromatic nitrogens is 1. The van der Waals surface area contributed by atoms with Gasteiger partial charge in [0, 0.05) is 24.3 Å². The number of benzene rings is 2. The molecule has 0 bridgehead atoms. The number of fused-ring (bicyclic) bond motifs is 1. The minimum Gasteiger partial charge on any atom is -0.448 e. The fourth-order valence-corrected chi connectivity index (χ4v) is 4.10. The molecular weight excluding hydrogens is 398 g/mol. The molecule has 152 valence electrons. The van der Waals surface area contributed by atoms with Crippen molar-refractivity contribution < 1.29 is 14.0 Å². The molecule has 4 aromatic rings. The molecule has 7 heteroatoms. The van der Waals surface area contributed by atoms with E-state index in [-0.39, 0.29) is 17.6 Å². The van der Waals surface area contributed by atoms with Crippen LogP contribution in [0.25, 0.3) is 21.0 Å². The van der Waals surface area contributed by atoms with Gasteiger partial charge in [-0.2, -0.15) is 0 Å². The Bertz CT molecular complexity index is 1170. The molecule has 0 spiro atoms. The Morgan fingerprint density at radius 3 is 2.60 bits per heavy atom. The summed E-state index contributed by atoms with van der Waals surface area (Å²) in [5.41, 5.74) is 1.97. The molecule has 0 radical (unpaired) electrons. The van der Waals surface area contributed by atoms with Gasteiger partial charge in [-0.05, 0) is 56.3 Å². The summed E-state index contributed by atoms with van der Waals surface area (Å²) in [7, 11) is 0. The summed E-state index contributed by atoms with van der Waals surface area (Å²) in [6.07, 6.45) is 0.